The molecule has 0 aliphatic carbocycles. The number of nitrogens with zero attached hydrogens (tertiary/aromatic N) is 2. The number of carbonyl (C=O) groups is 1. The Balaban J connectivity index is 1.50. The van der Waals surface area contributed by atoms with Gasteiger partial charge in [0.05, 0.1) is 31.7 Å². The molecule has 3 aromatic rings. The normalized spacial score (nSPS) is 17.0. The lowest BCUT2D eigenvalue weighted by Crippen LogP contribution is -2.37. The van der Waals surface area contributed by atoms with E-state index in [0.717, 1.165) is 24.4 Å². The molecule has 1 unspecified atom stereocenters. The van der Waals surface area contributed by atoms with Gasteiger partial charge in [-0.05, 0) is 30.3 Å². The summed E-state index contributed by atoms with van der Waals surface area (Å²) in [5.74, 6) is 0.860. The number of amides is 1. The third-order valence-electron chi connectivity index (χ3n) is 4.83. The highest BCUT2D eigenvalue weighted by Crippen LogP contribution is 2.33. The molecule has 4 heterocycles. The topological polar surface area (TPSA) is 72.8 Å². The minimum atomic E-state index is -0.225. The first kappa shape index (κ1) is 17.6. The molecule has 0 bridgehead atoms. The lowest BCUT2D eigenvalue weighted by Gasteiger charge is -2.36. The second-order valence-electron chi connectivity index (χ2n) is 6.57. The van der Waals surface area contributed by atoms with Crippen molar-refractivity contribution in [3.63, 3.8) is 0 Å². The molecule has 4 rings (SSSR count). The third kappa shape index (κ3) is 3.70. The summed E-state index contributed by atoms with van der Waals surface area (Å²) in [4.78, 5) is 14.5. The van der Waals surface area contributed by atoms with Gasteiger partial charge in [0.2, 0.25) is 0 Å². The smallest absolute Gasteiger partial charge is 0.287 e. The molecule has 7 nitrogen and oxygen atoms in total. The molecule has 7 heteroatoms. The van der Waals surface area contributed by atoms with E-state index in [1.165, 1.54) is 5.69 Å². The Morgan fingerprint density at radius 2 is 2.22 bits per heavy atom. The Bertz CT molecular complexity index is 881. The fraction of sp³-hybridized carbons (Fsp3) is 0.350. The number of methoxy groups -OCH3 is 1. The van der Waals surface area contributed by atoms with Crippen molar-refractivity contribution >= 4 is 5.91 Å². The van der Waals surface area contributed by atoms with Crippen LogP contribution in [0.4, 0.5) is 0 Å². The molecule has 1 amide bonds. The fourth-order valence-electron chi connectivity index (χ4n) is 3.55. The van der Waals surface area contributed by atoms with Gasteiger partial charge in [-0.3, -0.25) is 9.69 Å². The summed E-state index contributed by atoms with van der Waals surface area (Å²) < 4.78 is 18.3. The van der Waals surface area contributed by atoms with Crippen LogP contribution in [-0.4, -0.2) is 42.2 Å². The van der Waals surface area contributed by atoms with Crippen molar-refractivity contribution in [1.82, 2.24) is 14.8 Å². The summed E-state index contributed by atoms with van der Waals surface area (Å²) >= 11 is 0. The van der Waals surface area contributed by atoms with Gasteiger partial charge in [-0.25, -0.2) is 0 Å². The van der Waals surface area contributed by atoms with E-state index in [-0.39, 0.29) is 11.9 Å². The molecule has 0 saturated heterocycles. The van der Waals surface area contributed by atoms with Crippen molar-refractivity contribution in [2.45, 2.75) is 19.1 Å². The molecule has 0 radical (unpaired) electrons. The van der Waals surface area contributed by atoms with E-state index in [0.29, 0.717) is 25.5 Å². The molecule has 27 heavy (non-hydrogen) atoms. The predicted molar refractivity (Wildman–Crippen MR) is 98.3 cm³/mol. The van der Waals surface area contributed by atoms with E-state index in [4.69, 9.17) is 13.6 Å². The van der Waals surface area contributed by atoms with Gasteiger partial charge in [0.15, 0.2) is 5.76 Å². The van der Waals surface area contributed by atoms with Crippen molar-refractivity contribution in [3.05, 3.63) is 71.8 Å². The van der Waals surface area contributed by atoms with Gasteiger partial charge in [0.25, 0.3) is 5.91 Å². The summed E-state index contributed by atoms with van der Waals surface area (Å²) in [7, 11) is 1.60. The highest BCUT2D eigenvalue weighted by atomic mass is 16.5. The summed E-state index contributed by atoms with van der Waals surface area (Å²) in [5.41, 5.74) is 2.34. The highest BCUT2D eigenvalue weighted by Gasteiger charge is 2.30. The Labute approximate surface area is 157 Å². The number of nitrogens with one attached hydrogen (secondary N) is 1. The largest absolute Gasteiger partial charge is 0.472 e. The third-order valence-corrected chi connectivity index (χ3v) is 4.83. The SMILES string of the molecule is COCCNC(=O)c1ccc(CN2CCn3cccc3C2c2ccoc2)o1. The monoisotopic (exact) mass is 369 g/mol. The molecule has 1 aliphatic rings. The van der Waals surface area contributed by atoms with Crippen LogP contribution in [0, 0.1) is 0 Å². The lowest BCUT2D eigenvalue weighted by molar-refractivity contribution is 0.0903. The van der Waals surface area contributed by atoms with Gasteiger partial charge in [-0.1, -0.05) is 0 Å². The van der Waals surface area contributed by atoms with E-state index in [1.807, 2.05) is 12.1 Å². The number of carbonyl (C=O) groups excluding carboxylic acids is 1. The van der Waals surface area contributed by atoms with Gasteiger partial charge in [-0.2, -0.15) is 0 Å². The van der Waals surface area contributed by atoms with Crippen molar-refractivity contribution in [2.75, 3.05) is 26.8 Å². The van der Waals surface area contributed by atoms with Gasteiger partial charge in [-0.15, -0.1) is 0 Å². The van der Waals surface area contributed by atoms with Crippen molar-refractivity contribution in [3.8, 4) is 0 Å². The second-order valence-corrected chi connectivity index (χ2v) is 6.57. The quantitative estimate of drug-likeness (QED) is 0.648. The van der Waals surface area contributed by atoms with Crippen LogP contribution in [0.2, 0.25) is 0 Å². The maximum absolute atomic E-state index is 12.1. The van der Waals surface area contributed by atoms with Gasteiger partial charge >= 0.3 is 0 Å². The summed E-state index contributed by atoms with van der Waals surface area (Å²) in [6.45, 7) is 3.35. The summed E-state index contributed by atoms with van der Waals surface area (Å²) in [6.07, 6.45) is 5.59. The highest BCUT2D eigenvalue weighted by molar-refractivity contribution is 5.91. The average molecular weight is 369 g/mol. The zero-order chi connectivity index (χ0) is 18.6. The standard InChI is InChI=1S/C20H23N3O4/c1-25-12-7-21-20(24)18-5-4-16(27-18)13-23-10-9-22-8-2-3-17(22)19(23)15-6-11-26-14-15/h2-6,8,11,14,19H,7,9-10,12-13H2,1H3,(H,21,24). The molecule has 1 aliphatic heterocycles. The number of fused-ring (bicyclic) bond motifs is 1. The van der Waals surface area contributed by atoms with Crippen LogP contribution in [0.1, 0.15) is 33.6 Å². The number of rotatable bonds is 7. The minimum Gasteiger partial charge on any atom is -0.472 e. The zero-order valence-electron chi connectivity index (χ0n) is 15.3. The molecule has 142 valence electrons. The summed E-state index contributed by atoms with van der Waals surface area (Å²) in [5, 5.41) is 2.77. The second kappa shape index (κ2) is 7.85. The molecular formula is C20H23N3O4. The average Bonchev–Trinajstić information content (AvgIpc) is 3.43. The van der Waals surface area contributed by atoms with Crippen LogP contribution >= 0.6 is 0 Å². The first-order chi connectivity index (χ1) is 13.3. The molecule has 0 spiro atoms. The van der Waals surface area contributed by atoms with E-state index in [1.54, 1.807) is 25.7 Å². The lowest BCUT2D eigenvalue weighted by atomic mass is 10.0. The van der Waals surface area contributed by atoms with E-state index in [2.05, 4.69) is 33.1 Å². The van der Waals surface area contributed by atoms with Crippen molar-refractivity contribution < 1.29 is 18.4 Å². The molecule has 1 atom stereocenters. The van der Waals surface area contributed by atoms with Crippen LogP contribution < -0.4 is 5.32 Å². The fourth-order valence-corrected chi connectivity index (χ4v) is 3.55. The van der Waals surface area contributed by atoms with Crippen LogP contribution in [0.15, 0.2) is 57.9 Å². The van der Waals surface area contributed by atoms with Crippen LogP contribution in [0.3, 0.4) is 0 Å². The van der Waals surface area contributed by atoms with E-state index < -0.39 is 0 Å². The van der Waals surface area contributed by atoms with Crippen LogP contribution in [-0.2, 0) is 17.8 Å². The van der Waals surface area contributed by atoms with Gasteiger partial charge in [0.1, 0.15) is 5.76 Å². The molecule has 0 fully saturated rings. The predicted octanol–water partition coefficient (Wildman–Crippen LogP) is 2.66. The number of hydrogen-bond donors (Lipinski definition) is 1. The first-order valence-corrected chi connectivity index (χ1v) is 9.03. The number of ether oxygens (including phenoxy) is 1. The molecular weight excluding hydrogens is 346 g/mol. The van der Waals surface area contributed by atoms with Gasteiger partial charge < -0.3 is 23.5 Å². The maximum atomic E-state index is 12.1. The van der Waals surface area contributed by atoms with Gasteiger partial charge in [0, 0.05) is 44.2 Å². The number of aromatic nitrogens is 1. The number of furan rings is 2. The van der Waals surface area contributed by atoms with Crippen LogP contribution in [0.25, 0.3) is 0 Å². The molecule has 0 saturated carbocycles. The zero-order valence-corrected chi connectivity index (χ0v) is 15.3. The van der Waals surface area contributed by atoms with E-state index in [9.17, 15) is 4.79 Å². The van der Waals surface area contributed by atoms with Crippen molar-refractivity contribution in [2.24, 2.45) is 0 Å². The molecule has 0 aromatic carbocycles. The first-order valence-electron chi connectivity index (χ1n) is 9.03. The Hall–Kier alpha value is -2.77. The maximum Gasteiger partial charge on any atom is 0.287 e. The molecule has 1 N–H and O–H groups in total. The van der Waals surface area contributed by atoms with E-state index >= 15 is 0 Å². The number of hydrogen-bond acceptors (Lipinski definition) is 5. The molecule has 3 aromatic heterocycles. The minimum absolute atomic E-state index is 0.0941. The summed E-state index contributed by atoms with van der Waals surface area (Å²) in [6, 6.07) is 9.89. The van der Waals surface area contributed by atoms with Crippen molar-refractivity contribution in [1.29, 1.82) is 0 Å². The Morgan fingerprint density at radius 1 is 1.30 bits per heavy atom. The Kier molecular flexibility index (Phi) is 5.13. The van der Waals surface area contributed by atoms with Crippen LogP contribution in [0.5, 0.6) is 0 Å². The Morgan fingerprint density at radius 3 is 3.04 bits per heavy atom.